The molecule has 32 heavy (non-hydrogen) atoms. The molecule has 0 aliphatic rings. The first-order valence-electron chi connectivity index (χ1n) is 12.8. The van der Waals surface area contributed by atoms with E-state index in [1.807, 2.05) is 18.2 Å². The van der Waals surface area contributed by atoms with Gasteiger partial charge in [-0.25, -0.2) is 0 Å². The van der Waals surface area contributed by atoms with Crippen LogP contribution in [0, 0.1) is 0 Å². The van der Waals surface area contributed by atoms with Gasteiger partial charge in [0.2, 0.25) is 5.91 Å². The van der Waals surface area contributed by atoms with Gasteiger partial charge < -0.3 is 3.07 Å². The van der Waals surface area contributed by atoms with Gasteiger partial charge in [-0.1, -0.05) is 109 Å². The van der Waals surface area contributed by atoms with Crippen molar-refractivity contribution < 1.29 is 12.7 Å². The first-order chi connectivity index (χ1) is 15.6. The van der Waals surface area contributed by atoms with Crippen molar-refractivity contribution in [3.8, 4) is 5.75 Å². The van der Waals surface area contributed by atoms with Crippen LogP contribution in [0.4, 0.5) is 0 Å². The van der Waals surface area contributed by atoms with Gasteiger partial charge in [-0.05, 0) is 30.5 Å². The molecule has 1 aromatic rings. The van der Waals surface area contributed by atoms with Crippen LogP contribution in [0.15, 0.2) is 18.2 Å². The van der Waals surface area contributed by atoms with Gasteiger partial charge >= 0.3 is 0 Å². The minimum Gasteiger partial charge on any atom is -0.427 e. The second kappa shape index (κ2) is 19.4. The summed E-state index contributed by atoms with van der Waals surface area (Å²) in [5, 5.41) is 2.32. The Morgan fingerprint density at radius 3 is 1.69 bits per heavy atom. The number of unbranched alkanes of at least 4 members (excludes halogenated alkanes) is 15. The zero-order valence-electron chi connectivity index (χ0n) is 20.4. The highest BCUT2D eigenvalue weighted by molar-refractivity contribution is 14.1. The predicted octanol–water partition coefficient (Wildman–Crippen LogP) is 8.50. The zero-order valence-corrected chi connectivity index (χ0v) is 22.5. The summed E-state index contributed by atoms with van der Waals surface area (Å²) < 4.78 is 5.24. The third-order valence-electron chi connectivity index (χ3n) is 5.98. The molecule has 0 saturated heterocycles. The van der Waals surface area contributed by atoms with Crippen LogP contribution < -0.4 is 8.38 Å². The lowest BCUT2D eigenvalue weighted by Gasteiger charge is -2.09. The monoisotopic (exact) mass is 557 g/mol. The largest absolute Gasteiger partial charge is 0.427 e. The van der Waals surface area contributed by atoms with Crippen LogP contribution in [0.25, 0.3) is 0 Å². The van der Waals surface area contributed by atoms with E-state index < -0.39 is 5.91 Å². The summed E-state index contributed by atoms with van der Waals surface area (Å²) in [6.07, 6.45) is 22.7. The molecule has 1 rings (SSSR count). The van der Waals surface area contributed by atoms with Gasteiger partial charge in [0.15, 0.2) is 23.0 Å². The van der Waals surface area contributed by atoms with E-state index in [2.05, 4.69) is 12.2 Å². The Balaban J connectivity index is 2.05. The van der Waals surface area contributed by atoms with Crippen LogP contribution in [-0.2, 0) is 11.2 Å². The Kier molecular flexibility index (Phi) is 17.5. The molecule has 5 heteroatoms. The van der Waals surface area contributed by atoms with E-state index in [4.69, 9.17) is 3.07 Å². The maximum Gasteiger partial charge on any atom is 0.261 e. The molecule has 0 bridgehead atoms. The van der Waals surface area contributed by atoms with E-state index in [9.17, 15) is 9.59 Å². The summed E-state index contributed by atoms with van der Waals surface area (Å²) in [5.74, 6) is -0.282. The van der Waals surface area contributed by atoms with Crippen molar-refractivity contribution in [2.24, 2.45) is 0 Å². The van der Waals surface area contributed by atoms with Gasteiger partial charge in [-0.15, -0.1) is 0 Å². The highest BCUT2D eigenvalue weighted by Crippen LogP contribution is 2.23. The highest BCUT2D eigenvalue weighted by atomic mass is 127. The molecule has 182 valence electrons. The van der Waals surface area contributed by atoms with E-state index >= 15 is 0 Å². The minimum atomic E-state index is -0.405. The molecular weight excluding hydrogens is 513 g/mol. The maximum absolute atomic E-state index is 12.2. The number of nitrogens with one attached hydrogen (secondary N) is 1. The van der Waals surface area contributed by atoms with Gasteiger partial charge in [-0.3, -0.25) is 14.9 Å². The number of carbonyl (C=O) groups is 2. The Morgan fingerprint density at radius 1 is 0.781 bits per heavy atom. The van der Waals surface area contributed by atoms with Crippen LogP contribution in [0.2, 0.25) is 0 Å². The normalized spacial score (nSPS) is 10.8. The molecule has 0 atom stereocenters. The SMILES string of the molecule is CCCCCCCCCCCCCCCCCCc1ccc(OI)c(C(=O)NC(C)=O)c1. The van der Waals surface area contributed by atoms with Crippen LogP contribution in [0.5, 0.6) is 5.75 Å². The molecule has 0 fully saturated rings. The van der Waals surface area contributed by atoms with Gasteiger partial charge in [0.05, 0.1) is 5.56 Å². The smallest absolute Gasteiger partial charge is 0.261 e. The number of hydrogen-bond donors (Lipinski definition) is 1. The van der Waals surface area contributed by atoms with Crippen molar-refractivity contribution in [2.75, 3.05) is 0 Å². The first-order valence-corrected chi connectivity index (χ1v) is 13.7. The summed E-state index contributed by atoms with van der Waals surface area (Å²) in [7, 11) is 0. The van der Waals surface area contributed by atoms with Crippen molar-refractivity contribution in [1.29, 1.82) is 0 Å². The van der Waals surface area contributed by atoms with Gasteiger partial charge in [0.1, 0.15) is 5.75 Å². The van der Waals surface area contributed by atoms with Crippen LogP contribution in [-0.4, -0.2) is 11.8 Å². The Hall–Kier alpha value is -1.11. The molecule has 0 saturated carbocycles. The molecule has 0 aromatic heterocycles. The van der Waals surface area contributed by atoms with Crippen LogP contribution >= 0.6 is 23.0 Å². The van der Waals surface area contributed by atoms with Crippen LogP contribution in [0.3, 0.4) is 0 Å². The number of rotatable bonds is 19. The molecule has 0 heterocycles. The lowest BCUT2D eigenvalue weighted by atomic mass is 10.0. The number of aryl methyl sites for hydroxylation is 1. The standard InChI is InChI=1S/C27H44INO3/c1-3-4-5-6-7-8-9-10-11-12-13-14-15-16-17-18-19-24-20-21-26(32-28)25(22-24)27(31)29-23(2)30/h20-22H,3-19H2,1-2H3,(H,29,30,31). The molecule has 0 aliphatic carbocycles. The highest BCUT2D eigenvalue weighted by Gasteiger charge is 2.14. The number of imide groups is 1. The lowest BCUT2D eigenvalue weighted by molar-refractivity contribution is -0.118. The number of benzene rings is 1. The molecule has 0 spiro atoms. The summed E-state index contributed by atoms with van der Waals surface area (Å²) in [6, 6.07) is 5.66. The first kappa shape index (κ1) is 28.9. The van der Waals surface area contributed by atoms with Gasteiger partial charge in [0, 0.05) is 6.92 Å². The van der Waals surface area contributed by atoms with E-state index in [1.165, 1.54) is 103 Å². The molecule has 2 amide bonds. The Morgan fingerprint density at radius 2 is 1.25 bits per heavy atom. The van der Waals surface area contributed by atoms with Crippen molar-refractivity contribution in [2.45, 2.75) is 123 Å². The quantitative estimate of drug-likeness (QED) is 0.137. The molecule has 1 aromatic carbocycles. The summed E-state index contributed by atoms with van der Waals surface area (Å²) in [5.41, 5.74) is 1.53. The summed E-state index contributed by atoms with van der Waals surface area (Å²) in [4.78, 5) is 23.4. The van der Waals surface area contributed by atoms with Crippen molar-refractivity contribution in [3.63, 3.8) is 0 Å². The summed E-state index contributed by atoms with van der Waals surface area (Å²) in [6.45, 7) is 3.61. The lowest BCUT2D eigenvalue weighted by Crippen LogP contribution is -2.28. The average molecular weight is 558 g/mol. The maximum atomic E-state index is 12.2. The van der Waals surface area contributed by atoms with E-state index in [-0.39, 0.29) is 5.91 Å². The third-order valence-corrected chi connectivity index (χ3v) is 6.45. The Labute approximate surface area is 210 Å². The summed E-state index contributed by atoms with van der Waals surface area (Å²) >= 11 is 1.76. The van der Waals surface area contributed by atoms with Gasteiger partial charge in [-0.2, -0.15) is 0 Å². The van der Waals surface area contributed by atoms with E-state index in [0.29, 0.717) is 11.3 Å². The van der Waals surface area contributed by atoms with Crippen molar-refractivity contribution >= 4 is 34.8 Å². The fourth-order valence-electron chi connectivity index (χ4n) is 4.08. The van der Waals surface area contributed by atoms with Crippen molar-refractivity contribution in [1.82, 2.24) is 5.32 Å². The zero-order chi connectivity index (χ0) is 23.4. The number of amides is 2. The second-order valence-electron chi connectivity index (χ2n) is 8.97. The second-order valence-corrected chi connectivity index (χ2v) is 9.41. The van der Waals surface area contributed by atoms with E-state index in [0.717, 1.165) is 18.4 Å². The number of hydrogen-bond acceptors (Lipinski definition) is 3. The van der Waals surface area contributed by atoms with Crippen molar-refractivity contribution in [3.05, 3.63) is 29.3 Å². The number of halogens is 1. The molecular formula is C27H44INO3. The fourth-order valence-corrected chi connectivity index (χ4v) is 4.47. The molecule has 0 unspecified atom stereocenters. The van der Waals surface area contributed by atoms with Crippen LogP contribution in [0.1, 0.15) is 133 Å². The minimum absolute atomic E-state index is 0.363. The topological polar surface area (TPSA) is 55.4 Å². The van der Waals surface area contributed by atoms with Gasteiger partial charge in [0.25, 0.3) is 5.91 Å². The number of carbonyl (C=O) groups excluding carboxylic acids is 2. The molecule has 0 aliphatic heterocycles. The average Bonchev–Trinajstić information content (AvgIpc) is 2.78. The molecule has 1 N–H and O–H groups in total. The predicted molar refractivity (Wildman–Crippen MR) is 142 cm³/mol. The third kappa shape index (κ3) is 14.1. The fraction of sp³-hybridized carbons (Fsp3) is 0.704. The Bertz CT molecular complexity index is 648. The molecule has 4 nitrogen and oxygen atoms in total. The molecule has 0 radical (unpaired) electrons. The van der Waals surface area contributed by atoms with E-state index in [1.54, 1.807) is 23.0 Å².